The van der Waals surface area contributed by atoms with Crippen molar-refractivity contribution in [1.29, 1.82) is 0 Å². The van der Waals surface area contributed by atoms with Gasteiger partial charge in [-0.1, -0.05) is 30.3 Å². The second kappa shape index (κ2) is 5.54. The van der Waals surface area contributed by atoms with Crippen LogP contribution in [0.15, 0.2) is 42.5 Å². The van der Waals surface area contributed by atoms with Gasteiger partial charge in [-0.05, 0) is 65.3 Å². The Kier molecular flexibility index (Phi) is 4.05. The molecule has 0 aliphatic rings. The van der Waals surface area contributed by atoms with E-state index in [4.69, 9.17) is 0 Å². The molecule has 1 N–H and O–H groups in total. The molecule has 2 aromatic rings. The summed E-state index contributed by atoms with van der Waals surface area (Å²) in [4.78, 5) is 0. The summed E-state index contributed by atoms with van der Waals surface area (Å²) >= 11 is 2.33. The third kappa shape index (κ3) is 3.22. The first-order chi connectivity index (χ1) is 8.16. The molecule has 2 aromatic carbocycles. The van der Waals surface area contributed by atoms with Gasteiger partial charge in [0.2, 0.25) is 0 Å². The van der Waals surface area contributed by atoms with Crippen LogP contribution in [0.2, 0.25) is 0 Å². The van der Waals surface area contributed by atoms with Crippen molar-refractivity contribution in [3.8, 4) is 0 Å². The quantitative estimate of drug-likeness (QED) is 0.812. The fourth-order valence-electron chi connectivity index (χ4n) is 1.89. The summed E-state index contributed by atoms with van der Waals surface area (Å²) in [6.45, 7) is 5.16. The van der Waals surface area contributed by atoms with Crippen LogP contribution in [0.5, 0.6) is 0 Å². The maximum Gasteiger partial charge on any atom is 0.0402 e. The number of benzene rings is 2. The average molecular weight is 337 g/mol. The van der Waals surface area contributed by atoms with Crippen LogP contribution in [0.4, 0.5) is 5.69 Å². The molecule has 0 unspecified atom stereocenters. The highest BCUT2D eigenvalue weighted by molar-refractivity contribution is 14.1. The van der Waals surface area contributed by atoms with Crippen molar-refractivity contribution in [3.05, 3.63) is 62.7 Å². The van der Waals surface area contributed by atoms with E-state index in [2.05, 4.69) is 84.2 Å². The summed E-state index contributed by atoms with van der Waals surface area (Å²) in [5.74, 6) is 0. The van der Waals surface area contributed by atoms with Crippen LogP contribution < -0.4 is 5.32 Å². The van der Waals surface area contributed by atoms with E-state index < -0.39 is 0 Å². The van der Waals surface area contributed by atoms with Gasteiger partial charge in [0, 0.05) is 15.8 Å². The highest BCUT2D eigenvalue weighted by atomic mass is 127. The maximum atomic E-state index is 3.51. The SMILES string of the molecule is Cc1cccc(C)c1NCc1ccc(I)cc1. The molecule has 0 saturated heterocycles. The number of nitrogens with one attached hydrogen (secondary N) is 1. The predicted octanol–water partition coefficient (Wildman–Crippen LogP) is 4.52. The third-order valence-corrected chi connectivity index (χ3v) is 3.58. The van der Waals surface area contributed by atoms with Gasteiger partial charge in [-0.2, -0.15) is 0 Å². The van der Waals surface area contributed by atoms with E-state index in [1.165, 1.54) is 25.9 Å². The van der Waals surface area contributed by atoms with Crippen LogP contribution in [-0.4, -0.2) is 0 Å². The van der Waals surface area contributed by atoms with Crippen molar-refractivity contribution in [2.24, 2.45) is 0 Å². The van der Waals surface area contributed by atoms with Crippen LogP contribution in [0, 0.1) is 17.4 Å². The van der Waals surface area contributed by atoms with Crippen molar-refractivity contribution in [1.82, 2.24) is 0 Å². The van der Waals surface area contributed by atoms with Crippen molar-refractivity contribution in [2.45, 2.75) is 20.4 Å². The molecule has 0 amide bonds. The number of hydrogen-bond donors (Lipinski definition) is 1. The normalized spacial score (nSPS) is 10.3. The molecule has 0 aromatic heterocycles. The van der Waals surface area contributed by atoms with Crippen molar-refractivity contribution in [3.63, 3.8) is 0 Å². The molecular weight excluding hydrogens is 321 g/mol. The zero-order valence-electron chi connectivity index (χ0n) is 10.1. The lowest BCUT2D eigenvalue weighted by Gasteiger charge is -2.12. The zero-order valence-corrected chi connectivity index (χ0v) is 12.3. The average Bonchev–Trinajstić information content (AvgIpc) is 2.31. The summed E-state index contributed by atoms with van der Waals surface area (Å²) in [5.41, 5.74) is 5.17. The molecule has 0 spiro atoms. The largest absolute Gasteiger partial charge is 0.381 e. The smallest absolute Gasteiger partial charge is 0.0402 e. The van der Waals surface area contributed by atoms with Crippen LogP contribution in [0.25, 0.3) is 0 Å². The summed E-state index contributed by atoms with van der Waals surface area (Å²) < 4.78 is 1.28. The topological polar surface area (TPSA) is 12.0 Å². The predicted molar refractivity (Wildman–Crippen MR) is 82.4 cm³/mol. The van der Waals surface area contributed by atoms with E-state index in [0.29, 0.717) is 0 Å². The molecule has 2 rings (SSSR count). The van der Waals surface area contributed by atoms with Gasteiger partial charge < -0.3 is 5.32 Å². The standard InChI is InChI=1S/C15H16IN/c1-11-4-3-5-12(2)15(11)17-10-13-6-8-14(16)9-7-13/h3-9,17H,10H2,1-2H3. The van der Waals surface area contributed by atoms with Gasteiger partial charge >= 0.3 is 0 Å². The molecule has 0 radical (unpaired) electrons. The van der Waals surface area contributed by atoms with E-state index in [0.717, 1.165) is 6.54 Å². The van der Waals surface area contributed by atoms with Gasteiger partial charge in [0.15, 0.2) is 0 Å². The number of rotatable bonds is 3. The molecule has 0 heterocycles. The summed E-state index contributed by atoms with van der Waals surface area (Å²) in [5, 5.41) is 3.51. The summed E-state index contributed by atoms with van der Waals surface area (Å²) in [6, 6.07) is 15.0. The summed E-state index contributed by atoms with van der Waals surface area (Å²) in [6.07, 6.45) is 0. The fourth-order valence-corrected chi connectivity index (χ4v) is 2.25. The second-order valence-electron chi connectivity index (χ2n) is 4.25. The molecule has 0 aliphatic heterocycles. The minimum atomic E-state index is 0.878. The van der Waals surface area contributed by atoms with E-state index in [-0.39, 0.29) is 0 Å². The number of aryl methyl sites for hydroxylation is 2. The molecule has 2 heteroatoms. The zero-order chi connectivity index (χ0) is 12.3. The molecule has 0 fully saturated rings. The van der Waals surface area contributed by atoms with Gasteiger partial charge in [0.1, 0.15) is 0 Å². The van der Waals surface area contributed by atoms with E-state index in [1.807, 2.05) is 0 Å². The fraction of sp³-hybridized carbons (Fsp3) is 0.200. The van der Waals surface area contributed by atoms with Gasteiger partial charge in [-0.15, -0.1) is 0 Å². The first-order valence-electron chi connectivity index (χ1n) is 5.71. The van der Waals surface area contributed by atoms with Crippen LogP contribution in [0.3, 0.4) is 0 Å². The number of hydrogen-bond acceptors (Lipinski definition) is 1. The molecule has 17 heavy (non-hydrogen) atoms. The lowest BCUT2D eigenvalue weighted by molar-refractivity contribution is 1.13. The van der Waals surface area contributed by atoms with E-state index in [9.17, 15) is 0 Å². The molecular formula is C15H16IN. The minimum Gasteiger partial charge on any atom is -0.381 e. The van der Waals surface area contributed by atoms with Crippen molar-refractivity contribution >= 4 is 28.3 Å². The van der Waals surface area contributed by atoms with Gasteiger partial charge in [0.05, 0.1) is 0 Å². The molecule has 0 aliphatic carbocycles. The number of para-hydroxylation sites is 1. The van der Waals surface area contributed by atoms with Crippen molar-refractivity contribution < 1.29 is 0 Å². The van der Waals surface area contributed by atoms with Gasteiger partial charge in [-0.3, -0.25) is 0 Å². The van der Waals surface area contributed by atoms with Gasteiger partial charge in [-0.25, -0.2) is 0 Å². The van der Waals surface area contributed by atoms with Crippen LogP contribution >= 0.6 is 22.6 Å². The Hall–Kier alpha value is -1.03. The lowest BCUT2D eigenvalue weighted by Crippen LogP contribution is -2.02. The Bertz CT molecular complexity index is 483. The molecule has 0 bridgehead atoms. The Morgan fingerprint density at radius 2 is 1.53 bits per heavy atom. The van der Waals surface area contributed by atoms with Crippen LogP contribution in [0.1, 0.15) is 16.7 Å². The third-order valence-electron chi connectivity index (χ3n) is 2.86. The van der Waals surface area contributed by atoms with Gasteiger partial charge in [0.25, 0.3) is 0 Å². The van der Waals surface area contributed by atoms with Crippen molar-refractivity contribution in [2.75, 3.05) is 5.32 Å². The highest BCUT2D eigenvalue weighted by Crippen LogP contribution is 2.20. The highest BCUT2D eigenvalue weighted by Gasteiger charge is 2.01. The Balaban J connectivity index is 2.10. The minimum absolute atomic E-state index is 0.878. The Labute approximate surface area is 116 Å². The first kappa shape index (κ1) is 12.4. The number of anilines is 1. The summed E-state index contributed by atoms with van der Waals surface area (Å²) in [7, 11) is 0. The van der Waals surface area contributed by atoms with Crippen LogP contribution in [-0.2, 0) is 6.54 Å². The number of halogens is 1. The first-order valence-corrected chi connectivity index (χ1v) is 6.79. The molecule has 0 atom stereocenters. The Morgan fingerprint density at radius 3 is 2.12 bits per heavy atom. The monoisotopic (exact) mass is 337 g/mol. The maximum absolute atomic E-state index is 3.51. The van der Waals surface area contributed by atoms with E-state index >= 15 is 0 Å². The van der Waals surface area contributed by atoms with E-state index in [1.54, 1.807) is 0 Å². The molecule has 1 nitrogen and oxygen atoms in total. The second-order valence-corrected chi connectivity index (χ2v) is 5.49. The Morgan fingerprint density at radius 1 is 0.941 bits per heavy atom. The molecule has 88 valence electrons. The molecule has 0 saturated carbocycles. The lowest BCUT2D eigenvalue weighted by atomic mass is 10.1.